The maximum atomic E-state index is 13.1. The minimum absolute atomic E-state index is 0.0579. The smallest absolute Gasteiger partial charge is 0.127 e. The Hall–Kier alpha value is -1.09. The van der Waals surface area contributed by atoms with Crippen LogP contribution in [0.5, 0.6) is 5.75 Å². The van der Waals surface area contributed by atoms with Crippen LogP contribution in [0.15, 0.2) is 18.2 Å². The van der Waals surface area contributed by atoms with E-state index in [9.17, 15) is 4.39 Å². The van der Waals surface area contributed by atoms with E-state index in [0.29, 0.717) is 18.7 Å². The summed E-state index contributed by atoms with van der Waals surface area (Å²) >= 11 is 0. The average Bonchev–Trinajstić information content (AvgIpc) is 2.01. The van der Waals surface area contributed by atoms with E-state index in [-0.39, 0.29) is 11.9 Å². The summed E-state index contributed by atoms with van der Waals surface area (Å²) in [5.41, 5.74) is 6.28. The van der Waals surface area contributed by atoms with Crippen molar-refractivity contribution < 1.29 is 9.13 Å². The van der Waals surface area contributed by atoms with Crippen molar-refractivity contribution in [1.29, 1.82) is 0 Å². The fourth-order valence-electron chi connectivity index (χ4n) is 1.27. The Morgan fingerprint density at radius 2 is 2.07 bits per heavy atom. The molecule has 0 bridgehead atoms. The van der Waals surface area contributed by atoms with E-state index >= 15 is 0 Å². The molecule has 0 saturated carbocycles. The van der Waals surface area contributed by atoms with Crippen LogP contribution >= 0.6 is 0 Å². The van der Waals surface area contributed by atoms with Crippen molar-refractivity contribution >= 4 is 0 Å². The minimum atomic E-state index is -0.272. The zero-order valence-corrected chi connectivity index (χ0v) is 8.59. The third-order valence-electron chi connectivity index (χ3n) is 1.74. The topological polar surface area (TPSA) is 35.2 Å². The molecule has 2 nitrogen and oxygen atoms in total. The van der Waals surface area contributed by atoms with Crippen molar-refractivity contribution in [2.75, 3.05) is 6.54 Å². The lowest BCUT2D eigenvalue weighted by Gasteiger charge is -2.11. The van der Waals surface area contributed by atoms with Gasteiger partial charge in [-0.1, -0.05) is 0 Å². The predicted octanol–water partition coefficient (Wildman–Crippen LogP) is 2.11. The van der Waals surface area contributed by atoms with Gasteiger partial charge in [0.2, 0.25) is 0 Å². The van der Waals surface area contributed by atoms with Crippen molar-refractivity contribution in [2.45, 2.75) is 26.4 Å². The van der Waals surface area contributed by atoms with Crippen LogP contribution < -0.4 is 10.5 Å². The molecule has 0 saturated heterocycles. The molecule has 0 aliphatic carbocycles. The van der Waals surface area contributed by atoms with Gasteiger partial charge in [0.1, 0.15) is 11.6 Å². The monoisotopic (exact) mass is 197 g/mol. The molecule has 0 aliphatic rings. The average molecular weight is 197 g/mol. The Morgan fingerprint density at radius 3 is 2.64 bits per heavy atom. The molecule has 0 amide bonds. The van der Waals surface area contributed by atoms with Crippen LogP contribution in [-0.2, 0) is 6.42 Å². The van der Waals surface area contributed by atoms with Crippen LogP contribution in [0.25, 0.3) is 0 Å². The molecule has 1 rings (SSSR count). The molecule has 0 atom stereocenters. The normalized spacial score (nSPS) is 10.6. The van der Waals surface area contributed by atoms with Crippen molar-refractivity contribution in [2.24, 2.45) is 5.73 Å². The van der Waals surface area contributed by atoms with E-state index in [1.165, 1.54) is 12.1 Å². The molecular formula is C11H16FNO. The zero-order chi connectivity index (χ0) is 10.6. The van der Waals surface area contributed by atoms with E-state index in [1.54, 1.807) is 0 Å². The molecule has 0 heterocycles. The van der Waals surface area contributed by atoms with E-state index in [1.807, 2.05) is 19.9 Å². The molecule has 1 aromatic rings. The number of halogens is 1. The summed E-state index contributed by atoms with van der Waals surface area (Å²) in [5.74, 6) is 0.301. The van der Waals surface area contributed by atoms with Crippen LogP contribution in [0.3, 0.4) is 0 Å². The summed E-state index contributed by atoms with van der Waals surface area (Å²) in [6.07, 6.45) is 0.731. The molecule has 1 aromatic carbocycles. The molecule has 0 aromatic heterocycles. The first-order chi connectivity index (χ1) is 6.61. The third kappa shape index (κ3) is 3.34. The minimum Gasteiger partial charge on any atom is -0.491 e. The van der Waals surface area contributed by atoms with Gasteiger partial charge in [-0.15, -0.1) is 0 Å². The highest BCUT2D eigenvalue weighted by Gasteiger charge is 2.02. The fraction of sp³-hybridized carbons (Fsp3) is 0.455. The van der Waals surface area contributed by atoms with Crippen LogP contribution in [0.2, 0.25) is 0 Å². The summed E-state index contributed by atoms with van der Waals surface area (Å²) in [6.45, 7) is 4.34. The second-order valence-corrected chi connectivity index (χ2v) is 3.50. The van der Waals surface area contributed by atoms with Crippen LogP contribution in [0.1, 0.15) is 19.4 Å². The van der Waals surface area contributed by atoms with Crippen LogP contribution in [0, 0.1) is 5.82 Å². The molecule has 3 heteroatoms. The lowest BCUT2D eigenvalue weighted by Crippen LogP contribution is -2.07. The molecule has 78 valence electrons. The van der Waals surface area contributed by atoms with Gasteiger partial charge in [0, 0.05) is 6.07 Å². The zero-order valence-electron chi connectivity index (χ0n) is 8.59. The highest BCUT2D eigenvalue weighted by molar-refractivity contribution is 5.30. The summed E-state index contributed by atoms with van der Waals surface area (Å²) in [5, 5.41) is 0. The first-order valence-electron chi connectivity index (χ1n) is 4.78. The van der Waals surface area contributed by atoms with Gasteiger partial charge in [0.25, 0.3) is 0 Å². The largest absolute Gasteiger partial charge is 0.491 e. The number of ether oxygens (including phenoxy) is 1. The van der Waals surface area contributed by atoms with E-state index < -0.39 is 0 Å². The number of nitrogens with two attached hydrogens (primary N) is 1. The van der Waals surface area contributed by atoms with Crippen LogP contribution in [-0.4, -0.2) is 12.6 Å². The summed E-state index contributed by atoms with van der Waals surface area (Å²) in [4.78, 5) is 0. The molecule has 0 spiro atoms. The van der Waals surface area contributed by atoms with Crippen LogP contribution in [0.4, 0.5) is 4.39 Å². The first-order valence-corrected chi connectivity index (χ1v) is 4.78. The first kappa shape index (κ1) is 11.0. The molecule has 0 fully saturated rings. The maximum absolute atomic E-state index is 13.1. The maximum Gasteiger partial charge on any atom is 0.127 e. The molecule has 2 N–H and O–H groups in total. The number of hydrogen-bond donors (Lipinski definition) is 1. The molecule has 0 radical (unpaired) electrons. The quantitative estimate of drug-likeness (QED) is 0.802. The Morgan fingerprint density at radius 1 is 1.36 bits per heavy atom. The van der Waals surface area contributed by atoms with Crippen molar-refractivity contribution in [1.82, 2.24) is 0 Å². The third-order valence-corrected chi connectivity index (χ3v) is 1.74. The Bertz CT molecular complexity index is 299. The van der Waals surface area contributed by atoms with Crippen molar-refractivity contribution in [3.8, 4) is 5.75 Å². The van der Waals surface area contributed by atoms with E-state index in [0.717, 1.165) is 5.56 Å². The van der Waals surface area contributed by atoms with Gasteiger partial charge in [0.15, 0.2) is 0 Å². The summed E-state index contributed by atoms with van der Waals surface area (Å²) in [7, 11) is 0. The van der Waals surface area contributed by atoms with Gasteiger partial charge in [0.05, 0.1) is 6.10 Å². The van der Waals surface area contributed by atoms with Crippen molar-refractivity contribution in [3.63, 3.8) is 0 Å². The molecular weight excluding hydrogens is 181 g/mol. The summed E-state index contributed by atoms with van der Waals surface area (Å²) in [6, 6.07) is 4.70. The number of benzene rings is 1. The summed E-state index contributed by atoms with van der Waals surface area (Å²) < 4.78 is 18.5. The Labute approximate surface area is 83.9 Å². The highest BCUT2D eigenvalue weighted by Crippen LogP contribution is 2.17. The molecule has 0 unspecified atom stereocenters. The SMILES string of the molecule is CC(C)Oc1cc(F)cc(CCN)c1. The van der Waals surface area contributed by atoms with Gasteiger partial charge >= 0.3 is 0 Å². The second kappa shape index (κ2) is 4.96. The Kier molecular flexibility index (Phi) is 3.89. The Balaban J connectivity index is 2.83. The standard InChI is InChI=1S/C11H16FNO/c1-8(2)14-11-6-9(3-4-13)5-10(12)7-11/h5-8H,3-4,13H2,1-2H3. The lowest BCUT2D eigenvalue weighted by molar-refractivity contribution is 0.241. The lowest BCUT2D eigenvalue weighted by atomic mass is 10.1. The number of hydrogen-bond acceptors (Lipinski definition) is 2. The molecule has 14 heavy (non-hydrogen) atoms. The van der Waals surface area contributed by atoms with Crippen molar-refractivity contribution in [3.05, 3.63) is 29.6 Å². The number of rotatable bonds is 4. The van der Waals surface area contributed by atoms with Gasteiger partial charge in [-0.25, -0.2) is 4.39 Å². The highest BCUT2D eigenvalue weighted by atomic mass is 19.1. The van der Waals surface area contributed by atoms with Gasteiger partial charge in [-0.3, -0.25) is 0 Å². The van der Waals surface area contributed by atoms with Gasteiger partial charge in [-0.2, -0.15) is 0 Å². The second-order valence-electron chi connectivity index (χ2n) is 3.50. The van der Waals surface area contributed by atoms with E-state index in [2.05, 4.69) is 0 Å². The van der Waals surface area contributed by atoms with E-state index in [4.69, 9.17) is 10.5 Å². The fourth-order valence-corrected chi connectivity index (χ4v) is 1.27. The van der Waals surface area contributed by atoms with Gasteiger partial charge in [-0.05, 0) is 44.5 Å². The molecule has 0 aliphatic heterocycles. The van der Waals surface area contributed by atoms with Gasteiger partial charge < -0.3 is 10.5 Å². The predicted molar refractivity (Wildman–Crippen MR) is 54.9 cm³/mol.